The Labute approximate surface area is 240 Å². The van der Waals surface area contributed by atoms with Crippen molar-refractivity contribution in [1.29, 1.82) is 0 Å². The molecule has 8 nitrogen and oxygen atoms in total. The van der Waals surface area contributed by atoms with E-state index in [4.69, 9.17) is 16.3 Å². The van der Waals surface area contributed by atoms with Crippen molar-refractivity contribution in [3.8, 4) is 5.75 Å². The van der Waals surface area contributed by atoms with Gasteiger partial charge in [-0.15, -0.1) is 11.3 Å². The standard InChI is InChI=1S/C27H20ClN3O5S3/c1-36-17-10-8-16(9-11-17)31-24(33)21-20(18-3-2-12-37-18)23-26(38-22(21)25(31)34)30(27(35)39-23)13-19(32)29-15-6-4-14(28)5-7-15/h2-12,20-22H,13H2,1H3,(H,29,32)/t20-,21-,22+/m0/s1. The minimum absolute atomic E-state index is 0.223. The number of anilines is 2. The first-order chi connectivity index (χ1) is 18.9. The average molecular weight is 598 g/mol. The highest BCUT2D eigenvalue weighted by Crippen LogP contribution is 2.54. The summed E-state index contributed by atoms with van der Waals surface area (Å²) in [7, 11) is 1.55. The summed E-state index contributed by atoms with van der Waals surface area (Å²) in [5, 5.41) is 5.05. The van der Waals surface area contributed by atoms with E-state index in [1.54, 1.807) is 55.6 Å². The number of nitrogens with zero attached hydrogens (tertiary/aromatic N) is 2. The third kappa shape index (κ3) is 4.59. The molecule has 2 aliphatic rings. The predicted molar refractivity (Wildman–Crippen MR) is 153 cm³/mol. The van der Waals surface area contributed by atoms with Gasteiger partial charge in [0.2, 0.25) is 17.7 Å². The van der Waals surface area contributed by atoms with Crippen molar-refractivity contribution in [2.45, 2.75) is 22.7 Å². The van der Waals surface area contributed by atoms with Crippen LogP contribution in [0.25, 0.3) is 0 Å². The molecule has 0 saturated carbocycles. The maximum absolute atomic E-state index is 13.8. The molecular weight excluding hydrogens is 578 g/mol. The summed E-state index contributed by atoms with van der Waals surface area (Å²) in [6.45, 7) is -0.223. The van der Waals surface area contributed by atoms with E-state index in [2.05, 4.69) is 5.32 Å². The quantitative estimate of drug-likeness (QED) is 0.312. The molecule has 0 radical (unpaired) electrons. The number of benzene rings is 2. The number of hydrogen-bond donors (Lipinski definition) is 1. The van der Waals surface area contributed by atoms with E-state index in [0.717, 1.165) is 16.2 Å². The van der Waals surface area contributed by atoms with Crippen LogP contribution in [-0.4, -0.2) is 34.6 Å². The molecule has 1 N–H and O–H groups in total. The van der Waals surface area contributed by atoms with E-state index in [9.17, 15) is 19.2 Å². The van der Waals surface area contributed by atoms with Crippen molar-refractivity contribution in [1.82, 2.24) is 4.57 Å². The number of amides is 3. The third-order valence-corrected chi connectivity index (χ3v) is 10.5. The molecule has 1 saturated heterocycles. The molecule has 3 amide bonds. The molecule has 2 aliphatic heterocycles. The molecule has 0 unspecified atom stereocenters. The lowest BCUT2D eigenvalue weighted by Crippen LogP contribution is -2.32. The van der Waals surface area contributed by atoms with E-state index in [1.807, 2.05) is 17.5 Å². The second kappa shape index (κ2) is 10.3. The Hall–Kier alpha value is -3.38. The van der Waals surface area contributed by atoms with Crippen molar-refractivity contribution in [2.75, 3.05) is 17.3 Å². The van der Waals surface area contributed by atoms with Crippen LogP contribution in [0.4, 0.5) is 11.4 Å². The fourth-order valence-corrected chi connectivity index (χ4v) is 8.74. The Morgan fingerprint density at radius 2 is 1.77 bits per heavy atom. The Morgan fingerprint density at radius 3 is 2.44 bits per heavy atom. The fourth-order valence-electron chi connectivity index (χ4n) is 4.89. The number of thioether (sulfide) groups is 1. The molecular formula is C27H20ClN3O5S3. The SMILES string of the molecule is COc1ccc(N2C(=O)[C@H]3[C@H](c4cccs4)c4sc(=O)n(CC(=O)Nc5ccc(Cl)cc5)c4S[C@H]3C2=O)cc1. The summed E-state index contributed by atoms with van der Waals surface area (Å²) in [4.78, 5) is 56.1. The first-order valence-electron chi connectivity index (χ1n) is 11.9. The van der Waals surface area contributed by atoms with Crippen LogP contribution in [0.15, 0.2) is 75.9 Å². The number of carbonyl (C=O) groups excluding carboxylic acids is 3. The number of aromatic nitrogens is 1. The molecule has 39 heavy (non-hydrogen) atoms. The number of thiazole rings is 1. The Balaban J connectivity index is 1.36. The van der Waals surface area contributed by atoms with Crippen LogP contribution in [0, 0.1) is 5.92 Å². The monoisotopic (exact) mass is 597 g/mol. The van der Waals surface area contributed by atoms with Gasteiger partial charge >= 0.3 is 4.87 Å². The molecule has 6 rings (SSSR count). The van der Waals surface area contributed by atoms with Crippen LogP contribution in [0.5, 0.6) is 5.75 Å². The molecule has 3 atom stereocenters. The normalized spacial score (nSPS) is 20.1. The minimum Gasteiger partial charge on any atom is -0.497 e. The van der Waals surface area contributed by atoms with Crippen molar-refractivity contribution in [3.63, 3.8) is 0 Å². The number of methoxy groups -OCH3 is 1. The number of nitrogens with one attached hydrogen (secondary N) is 1. The highest BCUT2D eigenvalue weighted by atomic mass is 35.5. The van der Waals surface area contributed by atoms with Gasteiger partial charge in [-0.2, -0.15) is 0 Å². The summed E-state index contributed by atoms with van der Waals surface area (Å²) >= 11 is 9.62. The lowest BCUT2D eigenvalue weighted by atomic mass is 9.87. The number of carbonyl (C=O) groups is 3. The summed E-state index contributed by atoms with van der Waals surface area (Å²) in [5.74, 6) is -1.56. The molecule has 2 aromatic heterocycles. The van der Waals surface area contributed by atoms with Crippen LogP contribution in [0.2, 0.25) is 5.02 Å². The van der Waals surface area contributed by atoms with Crippen molar-refractivity contribution in [2.24, 2.45) is 5.92 Å². The molecule has 12 heteroatoms. The number of halogens is 1. The lowest BCUT2D eigenvalue weighted by Gasteiger charge is -2.29. The number of fused-ring (bicyclic) bond motifs is 2. The fraction of sp³-hybridized carbons (Fsp3) is 0.185. The van der Waals surface area contributed by atoms with E-state index >= 15 is 0 Å². The second-order valence-electron chi connectivity index (χ2n) is 8.95. The van der Waals surface area contributed by atoms with E-state index in [1.165, 1.54) is 32.6 Å². The smallest absolute Gasteiger partial charge is 0.308 e. The van der Waals surface area contributed by atoms with Crippen LogP contribution >= 0.6 is 46.0 Å². The van der Waals surface area contributed by atoms with E-state index < -0.39 is 17.1 Å². The van der Waals surface area contributed by atoms with Crippen molar-refractivity contribution < 1.29 is 19.1 Å². The van der Waals surface area contributed by atoms with E-state index in [-0.39, 0.29) is 29.1 Å². The largest absolute Gasteiger partial charge is 0.497 e. The third-order valence-electron chi connectivity index (χ3n) is 6.66. The summed E-state index contributed by atoms with van der Waals surface area (Å²) in [6.07, 6.45) is 0. The summed E-state index contributed by atoms with van der Waals surface area (Å²) < 4.78 is 6.62. The van der Waals surface area contributed by atoms with Gasteiger partial charge < -0.3 is 10.1 Å². The number of rotatable bonds is 6. The van der Waals surface area contributed by atoms with Crippen LogP contribution < -0.4 is 19.8 Å². The number of ether oxygens (including phenoxy) is 1. The zero-order valence-electron chi connectivity index (χ0n) is 20.3. The van der Waals surface area contributed by atoms with Gasteiger partial charge in [-0.05, 0) is 60.0 Å². The number of imide groups is 1. The molecule has 0 aliphatic carbocycles. The highest BCUT2D eigenvalue weighted by Gasteiger charge is 2.57. The maximum atomic E-state index is 13.8. The average Bonchev–Trinajstić information content (AvgIpc) is 3.63. The summed E-state index contributed by atoms with van der Waals surface area (Å²) in [6, 6.07) is 17.3. The number of thiophene rings is 1. The Morgan fingerprint density at radius 1 is 1.03 bits per heavy atom. The van der Waals surface area contributed by atoms with E-state index in [0.29, 0.717) is 32.1 Å². The first-order valence-corrected chi connectivity index (χ1v) is 14.8. The highest BCUT2D eigenvalue weighted by molar-refractivity contribution is 8.00. The molecule has 198 valence electrons. The second-order valence-corrected chi connectivity index (χ2v) is 12.5. The van der Waals surface area contributed by atoms with Gasteiger partial charge in [-0.3, -0.25) is 23.7 Å². The van der Waals surface area contributed by atoms with Gasteiger partial charge in [0.15, 0.2) is 0 Å². The molecule has 4 aromatic rings. The zero-order valence-corrected chi connectivity index (χ0v) is 23.5. The predicted octanol–water partition coefficient (Wildman–Crippen LogP) is 5.07. The van der Waals surface area contributed by atoms with Crippen LogP contribution in [0.3, 0.4) is 0 Å². The van der Waals surface area contributed by atoms with Gasteiger partial charge in [0.25, 0.3) is 0 Å². The first kappa shape index (κ1) is 25.9. The van der Waals surface area contributed by atoms with Gasteiger partial charge in [-0.1, -0.05) is 40.8 Å². The molecule has 1 fully saturated rings. The maximum Gasteiger partial charge on any atom is 0.308 e. The van der Waals surface area contributed by atoms with Gasteiger partial charge in [0.1, 0.15) is 17.5 Å². The van der Waals surface area contributed by atoms with Gasteiger partial charge in [-0.25, -0.2) is 4.90 Å². The van der Waals surface area contributed by atoms with Crippen molar-refractivity contribution in [3.05, 3.63) is 90.5 Å². The van der Waals surface area contributed by atoms with Crippen molar-refractivity contribution >= 4 is 75.1 Å². The Kier molecular flexibility index (Phi) is 6.84. The zero-order chi connectivity index (χ0) is 27.3. The van der Waals surface area contributed by atoms with Crippen LogP contribution in [0.1, 0.15) is 15.7 Å². The Bertz CT molecular complexity index is 1630. The van der Waals surface area contributed by atoms with Gasteiger partial charge in [0, 0.05) is 26.4 Å². The minimum atomic E-state index is -0.737. The topological polar surface area (TPSA) is 97.7 Å². The van der Waals surface area contributed by atoms with Gasteiger partial charge in [0.05, 0.1) is 23.7 Å². The molecule has 2 aromatic carbocycles. The molecule has 0 spiro atoms. The molecule has 4 heterocycles. The lowest BCUT2D eigenvalue weighted by molar-refractivity contribution is -0.122. The molecule has 0 bridgehead atoms. The number of hydrogen-bond acceptors (Lipinski definition) is 8. The summed E-state index contributed by atoms with van der Waals surface area (Å²) in [5.41, 5.74) is 1.02. The van der Waals surface area contributed by atoms with Crippen LogP contribution in [-0.2, 0) is 20.9 Å².